The van der Waals surface area contributed by atoms with Crippen molar-refractivity contribution in [1.29, 1.82) is 5.26 Å². The Kier molecular flexibility index (Phi) is 2.95. The number of rotatable bonds is 1. The molecule has 14 heavy (non-hydrogen) atoms. The fourth-order valence-electron chi connectivity index (χ4n) is 0.974. The van der Waals surface area contributed by atoms with Gasteiger partial charge in [0.1, 0.15) is 10.4 Å². The van der Waals surface area contributed by atoms with Crippen LogP contribution in [0.2, 0.25) is 0 Å². The summed E-state index contributed by atoms with van der Waals surface area (Å²) in [5.74, 6) is -0.861. The van der Waals surface area contributed by atoms with Crippen molar-refractivity contribution in [2.75, 3.05) is 0 Å². The fraction of sp³-hybridized carbons (Fsp3) is 0.286. The third-order valence-electron chi connectivity index (χ3n) is 1.78. The van der Waals surface area contributed by atoms with E-state index in [0.717, 1.165) is 6.08 Å². The van der Waals surface area contributed by atoms with E-state index in [-0.39, 0.29) is 10.7 Å². The number of alkyl halides is 1. The number of hydrogen-bond acceptors (Lipinski definition) is 4. The van der Waals surface area contributed by atoms with Crippen LogP contribution in [0.3, 0.4) is 0 Å². The molecular formula is C7H5BrClN3O2. The third kappa shape index (κ3) is 1.80. The van der Waals surface area contributed by atoms with Gasteiger partial charge in [-0.2, -0.15) is 5.26 Å². The number of halogens is 2. The first-order valence-corrected chi connectivity index (χ1v) is 4.68. The molecule has 1 aliphatic carbocycles. The largest absolute Gasteiger partial charge is 0.310 e. The van der Waals surface area contributed by atoms with Gasteiger partial charge in [0, 0.05) is 12.2 Å². The summed E-state index contributed by atoms with van der Waals surface area (Å²) in [6.45, 7) is 0. The lowest BCUT2D eigenvalue weighted by atomic mass is 9.95. The standard InChI is InChI=1S/C7H5BrClN3O2/c8-7(11)4(3-10)1-5(12(13)14)2-6(7)9/h1-2,4H,11H2. The molecule has 0 aromatic heterocycles. The zero-order valence-electron chi connectivity index (χ0n) is 6.78. The van der Waals surface area contributed by atoms with Gasteiger partial charge < -0.3 is 5.73 Å². The molecule has 0 saturated carbocycles. The van der Waals surface area contributed by atoms with Crippen molar-refractivity contribution in [3.63, 3.8) is 0 Å². The quantitative estimate of drug-likeness (QED) is 0.340. The number of nitrogens with two attached hydrogens (primary N) is 1. The van der Waals surface area contributed by atoms with Gasteiger partial charge in [-0.05, 0) is 0 Å². The summed E-state index contributed by atoms with van der Waals surface area (Å²) >= 11 is 8.76. The zero-order valence-corrected chi connectivity index (χ0v) is 9.12. The molecule has 0 aromatic rings. The van der Waals surface area contributed by atoms with Gasteiger partial charge in [0.2, 0.25) is 0 Å². The summed E-state index contributed by atoms with van der Waals surface area (Å²) in [5, 5.41) is 19.2. The van der Waals surface area contributed by atoms with Crippen LogP contribution >= 0.6 is 27.5 Å². The predicted molar refractivity (Wildman–Crippen MR) is 54.0 cm³/mol. The second-order valence-electron chi connectivity index (χ2n) is 2.72. The molecule has 0 fully saturated rings. The summed E-state index contributed by atoms with van der Waals surface area (Å²) in [6, 6.07) is 1.83. The van der Waals surface area contributed by atoms with Crippen molar-refractivity contribution in [2.24, 2.45) is 11.7 Å². The molecule has 0 bridgehead atoms. The normalized spacial score (nSPS) is 31.4. The van der Waals surface area contributed by atoms with Crippen molar-refractivity contribution in [3.8, 4) is 6.07 Å². The maximum Gasteiger partial charge on any atom is 0.268 e. The number of allylic oxidation sites excluding steroid dienone is 1. The Morgan fingerprint density at radius 2 is 2.43 bits per heavy atom. The lowest BCUT2D eigenvalue weighted by Gasteiger charge is -2.26. The Balaban J connectivity index is 3.18. The van der Waals surface area contributed by atoms with Gasteiger partial charge >= 0.3 is 0 Å². The molecule has 7 heteroatoms. The molecule has 2 atom stereocenters. The molecule has 0 amide bonds. The van der Waals surface area contributed by atoms with Gasteiger partial charge in [0.05, 0.1) is 16.0 Å². The van der Waals surface area contributed by atoms with E-state index >= 15 is 0 Å². The van der Waals surface area contributed by atoms with Crippen LogP contribution in [0.1, 0.15) is 0 Å². The smallest absolute Gasteiger partial charge is 0.268 e. The van der Waals surface area contributed by atoms with E-state index in [1.165, 1.54) is 6.08 Å². The molecule has 2 unspecified atom stereocenters. The maximum atomic E-state index is 10.4. The van der Waals surface area contributed by atoms with Crippen LogP contribution < -0.4 is 5.73 Å². The van der Waals surface area contributed by atoms with Crippen LogP contribution in [0.15, 0.2) is 22.9 Å². The SMILES string of the molecule is N#CC1C=C([N+](=O)[O-])C=C(Cl)C1(N)Br. The van der Waals surface area contributed by atoms with E-state index in [9.17, 15) is 10.1 Å². The number of nitro groups is 1. The number of hydrogen-bond donors (Lipinski definition) is 1. The van der Waals surface area contributed by atoms with Crippen molar-refractivity contribution < 1.29 is 4.92 Å². The van der Waals surface area contributed by atoms with Gasteiger partial charge in [-0.25, -0.2) is 0 Å². The monoisotopic (exact) mass is 277 g/mol. The topological polar surface area (TPSA) is 92.9 Å². The molecule has 0 heterocycles. The number of nitriles is 1. The van der Waals surface area contributed by atoms with E-state index in [0.29, 0.717) is 0 Å². The molecule has 1 aliphatic rings. The minimum atomic E-state index is -1.23. The highest BCUT2D eigenvalue weighted by Crippen LogP contribution is 2.37. The Bertz CT molecular complexity index is 383. The molecule has 2 N–H and O–H groups in total. The molecule has 0 spiro atoms. The van der Waals surface area contributed by atoms with Crippen LogP contribution in [0.5, 0.6) is 0 Å². The van der Waals surface area contributed by atoms with E-state index in [1.54, 1.807) is 0 Å². The van der Waals surface area contributed by atoms with Gasteiger partial charge in [-0.1, -0.05) is 27.5 Å². The minimum absolute atomic E-state index is 0.0400. The van der Waals surface area contributed by atoms with Crippen LogP contribution in [0, 0.1) is 27.4 Å². The lowest BCUT2D eigenvalue weighted by molar-refractivity contribution is -0.419. The second kappa shape index (κ2) is 3.69. The summed E-state index contributed by atoms with van der Waals surface area (Å²) in [4.78, 5) is 9.82. The van der Waals surface area contributed by atoms with Crippen LogP contribution in [-0.2, 0) is 0 Å². The fourth-order valence-corrected chi connectivity index (χ4v) is 1.55. The van der Waals surface area contributed by atoms with Gasteiger partial charge in [0.25, 0.3) is 5.70 Å². The Labute approximate surface area is 93.1 Å². The van der Waals surface area contributed by atoms with E-state index in [4.69, 9.17) is 22.6 Å². The van der Waals surface area contributed by atoms with Crippen molar-refractivity contribution >= 4 is 27.5 Å². The van der Waals surface area contributed by atoms with Crippen LogP contribution in [0.25, 0.3) is 0 Å². The van der Waals surface area contributed by atoms with E-state index in [1.807, 2.05) is 6.07 Å². The highest BCUT2D eigenvalue weighted by Gasteiger charge is 2.39. The molecular weight excluding hydrogens is 273 g/mol. The summed E-state index contributed by atoms with van der Waals surface area (Å²) < 4.78 is -1.23. The molecule has 0 aromatic carbocycles. The molecule has 0 saturated heterocycles. The van der Waals surface area contributed by atoms with Crippen LogP contribution in [-0.4, -0.2) is 9.37 Å². The zero-order chi connectivity index (χ0) is 10.9. The molecule has 0 aliphatic heterocycles. The van der Waals surface area contributed by atoms with E-state index in [2.05, 4.69) is 15.9 Å². The highest BCUT2D eigenvalue weighted by molar-refractivity contribution is 9.10. The van der Waals surface area contributed by atoms with Crippen LogP contribution in [0.4, 0.5) is 0 Å². The van der Waals surface area contributed by atoms with Crippen molar-refractivity contribution in [1.82, 2.24) is 0 Å². The lowest BCUT2D eigenvalue weighted by Crippen LogP contribution is -2.42. The average molecular weight is 278 g/mol. The van der Waals surface area contributed by atoms with Crippen molar-refractivity contribution in [3.05, 3.63) is 33.0 Å². The Morgan fingerprint density at radius 1 is 1.86 bits per heavy atom. The highest BCUT2D eigenvalue weighted by atomic mass is 79.9. The Morgan fingerprint density at radius 3 is 2.86 bits per heavy atom. The second-order valence-corrected chi connectivity index (χ2v) is 4.44. The summed E-state index contributed by atoms with van der Waals surface area (Å²) in [7, 11) is 0. The van der Waals surface area contributed by atoms with Crippen molar-refractivity contribution in [2.45, 2.75) is 4.45 Å². The molecule has 5 nitrogen and oxygen atoms in total. The molecule has 1 rings (SSSR count). The van der Waals surface area contributed by atoms with Gasteiger partial charge in [-0.15, -0.1) is 0 Å². The number of nitrogens with zero attached hydrogens (tertiary/aromatic N) is 2. The molecule has 74 valence electrons. The van der Waals surface area contributed by atoms with E-state index < -0.39 is 15.3 Å². The summed E-state index contributed by atoms with van der Waals surface area (Å²) in [5.41, 5.74) is 5.44. The predicted octanol–water partition coefficient (Wildman–Crippen LogP) is 1.47. The maximum absolute atomic E-state index is 10.4. The molecule has 0 radical (unpaired) electrons. The first kappa shape index (κ1) is 11.2. The summed E-state index contributed by atoms with van der Waals surface area (Å²) in [6.07, 6.45) is 2.30. The van der Waals surface area contributed by atoms with Gasteiger partial charge in [0.15, 0.2) is 0 Å². The first-order chi connectivity index (χ1) is 6.39. The first-order valence-electron chi connectivity index (χ1n) is 3.51. The average Bonchev–Trinajstić information content (AvgIpc) is 2.09. The Hall–Kier alpha value is -0.900. The third-order valence-corrected chi connectivity index (χ3v) is 3.35. The van der Waals surface area contributed by atoms with Gasteiger partial charge in [-0.3, -0.25) is 10.1 Å². The minimum Gasteiger partial charge on any atom is -0.310 e.